The zero-order chi connectivity index (χ0) is 28.5. The number of esters is 1. The van der Waals surface area contributed by atoms with Gasteiger partial charge >= 0.3 is 5.97 Å². The number of nitrogens with one attached hydrogen (secondary N) is 1. The molecule has 0 unspecified atom stereocenters. The number of carbonyl (C=O) groups excluding carboxylic acids is 2. The van der Waals surface area contributed by atoms with Crippen molar-refractivity contribution < 1.29 is 14.3 Å². The van der Waals surface area contributed by atoms with E-state index in [0.29, 0.717) is 18.0 Å². The second-order valence-corrected chi connectivity index (χ2v) is 11.2. The van der Waals surface area contributed by atoms with Crippen LogP contribution in [0, 0.1) is 12.8 Å². The van der Waals surface area contributed by atoms with Gasteiger partial charge in [-0.2, -0.15) is 0 Å². The Labute approximate surface area is 241 Å². The highest BCUT2D eigenvalue weighted by atomic mass is 16.5. The number of rotatable bonds is 8. The maximum absolute atomic E-state index is 13.1. The third-order valence-corrected chi connectivity index (χ3v) is 8.70. The van der Waals surface area contributed by atoms with Crippen molar-refractivity contribution in [1.29, 1.82) is 0 Å². The lowest BCUT2D eigenvalue weighted by atomic mass is 9.87. The maximum Gasteiger partial charge on any atom is 0.337 e. The summed E-state index contributed by atoms with van der Waals surface area (Å²) in [5.74, 6) is 0.133. The molecular formula is C34H36N4O3. The number of methoxy groups -OCH3 is 1. The molecule has 210 valence electrons. The van der Waals surface area contributed by atoms with E-state index in [-0.39, 0.29) is 17.8 Å². The Morgan fingerprint density at radius 2 is 1.88 bits per heavy atom. The molecule has 1 amide bonds. The summed E-state index contributed by atoms with van der Waals surface area (Å²) in [6.45, 7) is 5.06. The minimum Gasteiger partial charge on any atom is -0.465 e. The average Bonchev–Trinajstić information content (AvgIpc) is 3.76. The molecule has 0 radical (unpaired) electrons. The summed E-state index contributed by atoms with van der Waals surface area (Å²) in [5.41, 5.74) is 9.84. The number of fused-ring (bicyclic) bond motifs is 1. The second-order valence-electron chi connectivity index (χ2n) is 11.2. The average molecular weight is 549 g/mol. The quantitative estimate of drug-likeness (QED) is 0.308. The number of nitrogens with zero attached hydrogens (tertiary/aromatic N) is 3. The van der Waals surface area contributed by atoms with Crippen molar-refractivity contribution in [3.63, 3.8) is 0 Å². The van der Waals surface area contributed by atoms with Crippen LogP contribution < -0.4 is 5.32 Å². The highest BCUT2D eigenvalue weighted by Crippen LogP contribution is 2.47. The molecule has 1 fully saturated rings. The van der Waals surface area contributed by atoms with E-state index in [1.54, 1.807) is 6.07 Å². The number of benzene rings is 3. The van der Waals surface area contributed by atoms with Crippen molar-refractivity contribution in [2.75, 3.05) is 13.7 Å². The first-order valence-corrected chi connectivity index (χ1v) is 14.3. The fraction of sp³-hybridized carbons (Fsp3) is 0.324. The van der Waals surface area contributed by atoms with E-state index in [1.165, 1.54) is 29.5 Å². The lowest BCUT2D eigenvalue weighted by Crippen LogP contribution is -2.33. The molecule has 2 aliphatic rings. The highest BCUT2D eigenvalue weighted by molar-refractivity contribution is 5.91. The summed E-state index contributed by atoms with van der Waals surface area (Å²) in [4.78, 5) is 32.4. The van der Waals surface area contributed by atoms with Crippen LogP contribution in [0.15, 0.2) is 73.1 Å². The van der Waals surface area contributed by atoms with Crippen LogP contribution in [0.4, 0.5) is 0 Å². The molecule has 4 aromatic rings. The van der Waals surface area contributed by atoms with Gasteiger partial charge in [-0.05, 0) is 71.2 Å². The maximum atomic E-state index is 13.1. The van der Waals surface area contributed by atoms with Crippen LogP contribution >= 0.6 is 0 Å². The van der Waals surface area contributed by atoms with Gasteiger partial charge in [0.1, 0.15) is 0 Å². The van der Waals surface area contributed by atoms with Gasteiger partial charge in [-0.25, -0.2) is 9.78 Å². The number of aromatic nitrogens is 2. The van der Waals surface area contributed by atoms with Gasteiger partial charge in [0.25, 0.3) is 0 Å². The van der Waals surface area contributed by atoms with Crippen molar-refractivity contribution in [1.82, 2.24) is 19.8 Å². The first kappa shape index (κ1) is 27.0. The van der Waals surface area contributed by atoms with Crippen LogP contribution in [0.2, 0.25) is 0 Å². The number of imidazole rings is 1. The zero-order valence-corrected chi connectivity index (χ0v) is 23.9. The minimum atomic E-state index is -0.342. The standard InChI is InChI=1S/C34H36N4O3/c1-22-32(36-21-37(22)2)20-38-15-14-28-27(24-10-7-11-25(16-24)34(40)41-3)13-12-26(31(28)19-38)18-35-33(39)30-17-29(30)23-8-5-4-6-9-23/h4-13,16,21,29-30H,14-15,17-20H2,1-3H3,(H,35,39)/t29-,30+/m1/s1. The Hall–Kier alpha value is -4.23. The predicted octanol–water partition coefficient (Wildman–Crippen LogP) is 5.16. The van der Waals surface area contributed by atoms with Gasteiger partial charge in [0.15, 0.2) is 0 Å². The molecule has 0 saturated heterocycles. The number of aryl methyl sites for hydroxylation is 1. The van der Waals surface area contributed by atoms with Crippen molar-refractivity contribution in [2.24, 2.45) is 13.0 Å². The molecule has 0 bridgehead atoms. The van der Waals surface area contributed by atoms with Crippen molar-refractivity contribution in [3.8, 4) is 11.1 Å². The van der Waals surface area contributed by atoms with Gasteiger partial charge in [-0.3, -0.25) is 9.69 Å². The van der Waals surface area contributed by atoms with E-state index in [9.17, 15) is 9.59 Å². The van der Waals surface area contributed by atoms with Gasteiger partial charge < -0.3 is 14.6 Å². The van der Waals surface area contributed by atoms with Gasteiger partial charge in [0, 0.05) is 44.8 Å². The topological polar surface area (TPSA) is 76.5 Å². The van der Waals surface area contributed by atoms with Gasteiger partial charge in [-0.1, -0.05) is 54.6 Å². The fourth-order valence-electron chi connectivity index (χ4n) is 6.07. The summed E-state index contributed by atoms with van der Waals surface area (Å²) in [6.07, 6.45) is 3.65. The molecule has 41 heavy (non-hydrogen) atoms. The van der Waals surface area contributed by atoms with Crippen LogP contribution in [-0.4, -0.2) is 40.0 Å². The summed E-state index contributed by atoms with van der Waals surface area (Å²) >= 11 is 0. The SMILES string of the molecule is COC(=O)c1cccc(-c2ccc(CNC(=O)[C@H]3C[C@@H]3c3ccccc3)c3c2CCN(Cc2ncn(C)c2C)C3)c1. The van der Waals surface area contributed by atoms with Crippen molar-refractivity contribution in [3.05, 3.63) is 112 Å². The Morgan fingerprint density at radius 1 is 1.05 bits per heavy atom. The van der Waals surface area contributed by atoms with Gasteiger partial charge in [0.2, 0.25) is 5.91 Å². The normalized spacial score (nSPS) is 18.0. The van der Waals surface area contributed by atoms with Crippen molar-refractivity contribution >= 4 is 11.9 Å². The zero-order valence-electron chi connectivity index (χ0n) is 23.9. The first-order valence-electron chi connectivity index (χ1n) is 14.3. The van der Waals surface area contributed by atoms with E-state index in [2.05, 4.69) is 51.0 Å². The van der Waals surface area contributed by atoms with Gasteiger partial charge in [-0.15, -0.1) is 0 Å². The molecule has 1 aromatic heterocycles. The van der Waals surface area contributed by atoms with Crippen LogP contribution in [0.3, 0.4) is 0 Å². The monoisotopic (exact) mass is 548 g/mol. The summed E-state index contributed by atoms with van der Waals surface area (Å²) < 4.78 is 7.02. The molecule has 0 spiro atoms. The lowest BCUT2D eigenvalue weighted by Gasteiger charge is -2.32. The molecule has 2 heterocycles. The molecule has 1 aliphatic carbocycles. The number of hydrogen-bond donors (Lipinski definition) is 1. The molecule has 7 heteroatoms. The van der Waals surface area contributed by atoms with E-state index in [0.717, 1.165) is 54.9 Å². The lowest BCUT2D eigenvalue weighted by molar-refractivity contribution is -0.122. The van der Waals surface area contributed by atoms with Crippen molar-refractivity contribution in [2.45, 2.75) is 45.3 Å². The Kier molecular flexibility index (Phi) is 7.45. The third-order valence-electron chi connectivity index (χ3n) is 8.70. The molecule has 2 atom stereocenters. The number of carbonyl (C=O) groups is 2. The Bertz CT molecular complexity index is 1590. The second kappa shape index (κ2) is 11.3. The van der Waals surface area contributed by atoms with Crippen LogP contribution in [-0.2, 0) is 42.6 Å². The highest BCUT2D eigenvalue weighted by Gasteiger charge is 2.43. The largest absolute Gasteiger partial charge is 0.465 e. The molecule has 1 saturated carbocycles. The predicted molar refractivity (Wildman–Crippen MR) is 158 cm³/mol. The minimum absolute atomic E-state index is 0.0391. The fourth-order valence-corrected chi connectivity index (χ4v) is 6.07. The first-order chi connectivity index (χ1) is 19.9. The molecule has 7 nitrogen and oxygen atoms in total. The summed E-state index contributed by atoms with van der Waals surface area (Å²) in [6, 6.07) is 22.2. The van der Waals surface area contributed by atoms with E-state index in [4.69, 9.17) is 4.74 Å². The Balaban J connectivity index is 1.26. The molecule has 1 aliphatic heterocycles. The summed E-state index contributed by atoms with van der Waals surface area (Å²) in [7, 11) is 3.43. The van der Waals surface area contributed by atoms with E-state index < -0.39 is 0 Å². The van der Waals surface area contributed by atoms with Crippen LogP contribution in [0.5, 0.6) is 0 Å². The van der Waals surface area contributed by atoms with E-state index >= 15 is 0 Å². The van der Waals surface area contributed by atoms with E-state index in [1.807, 2.05) is 49.8 Å². The molecule has 3 aromatic carbocycles. The third kappa shape index (κ3) is 5.55. The smallest absolute Gasteiger partial charge is 0.337 e. The van der Waals surface area contributed by atoms with Gasteiger partial charge in [0.05, 0.1) is 24.7 Å². The number of hydrogen-bond acceptors (Lipinski definition) is 5. The molecule has 6 rings (SSSR count). The molecule has 1 N–H and O–H groups in total. The Morgan fingerprint density at radius 3 is 2.63 bits per heavy atom. The van der Waals surface area contributed by atoms with Crippen LogP contribution in [0.1, 0.15) is 56.3 Å². The molecular weight excluding hydrogens is 512 g/mol. The number of amides is 1. The number of ether oxygens (including phenoxy) is 1. The van der Waals surface area contributed by atoms with Crippen LogP contribution in [0.25, 0.3) is 11.1 Å². The summed E-state index contributed by atoms with van der Waals surface area (Å²) in [5, 5.41) is 3.24.